The van der Waals surface area contributed by atoms with E-state index in [4.69, 9.17) is 19.9 Å². The normalized spacial score (nSPS) is 12.3. The smallest absolute Gasteiger partial charge is 0.154 e. The largest absolute Gasteiger partial charge is 0.368 e. The summed E-state index contributed by atoms with van der Waals surface area (Å²) in [7, 11) is 0. The summed E-state index contributed by atoms with van der Waals surface area (Å²) in [6.07, 6.45) is 0.969. The number of pyridine rings is 2. The third-order valence-corrected chi connectivity index (χ3v) is 10.3. The van der Waals surface area contributed by atoms with E-state index in [1.807, 2.05) is 0 Å². The van der Waals surface area contributed by atoms with E-state index in [-0.39, 0.29) is 10.8 Å². The lowest BCUT2D eigenvalue weighted by Crippen LogP contribution is -2.34. The summed E-state index contributed by atoms with van der Waals surface area (Å²) in [6.45, 7) is 16.5. The van der Waals surface area contributed by atoms with Crippen molar-refractivity contribution in [2.45, 2.75) is 61.1 Å². The Morgan fingerprint density at radius 1 is 0.491 bits per heavy atom. The monoisotopic (exact) mass is 700 g/mol. The van der Waals surface area contributed by atoms with Gasteiger partial charge in [-0.25, -0.2) is 19.9 Å². The van der Waals surface area contributed by atoms with Gasteiger partial charge in [0.05, 0.1) is 22.1 Å². The highest BCUT2D eigenvalue weighted by Gasteiger charge is 2.30. The number of para-hydroxylation sites is 2. The van der Waals surface area contributed by atoms with Crippen LogP contribution in [-0.2, 0) is 13.1 Å². The Hall–Kier alpha value is -5.76. The van der Waals surface area contributed by atoms with Crippen molar-refractivity contribution in [2.24, 2.45) is 10.8 Å². The highest BCUT2D eigenvalue weighted by Crippen LogP contribution is 2.37. The number of imidazole rings is 2. The number of nitrogens with zero attached hydrogens (tertiary/aromatic N) is 6. The molecule has 8 rings (SSSR count). The molecule has 268 valence electrons. The second-order valence-corrected chi connectivity index (χ2v) is 16.0. The molecular formula is C45H48N8. The fourth-order valence-corrected chi connectivity index (χ4v) is 8.13. The lowest BCUT2D eigenvalue weighted by Gasteiger charge is -2.35. The van der Waals surface area contributed by atoms with E-state index < -0.39 is 0 Å². The number of nitrogens with one attached hydrogen (secondary N) is 2. The first kappa shape index (κ1) is 34.3. The zero-order valence-corrected chi connectivity index (χ0v) is 31.6. The summed E-state index contributed by atoms with van der Waals surface area (Å²) < 4.78 is 4.65. The molecule has 0 spiro atoms. The quantitative estimate of drug-likeness (QED) is 0.132. The predicted molar refractivity (Wildman–Crippen MR) is 220 cm³/mol. The van der Waals surface area contributed by atoms with Gasteiger partial charge < -0.3 is 19.8 Å². The van der Waals surface area contributed by atoms with Crippen LogP contribution in [0.5, 0.6) is 0 Å². The number of rotatable bonds is 12. The Morgan fingerprint density at radius 3 is 1.28 bits per heavy atom. The summed E-state index contributed by atoms with van der Waals surface area (Å²) in [5.41, 5.74) is 8.41. The van der Waals surface area contributed by atoms with Crippen molar-refractivity contribution in [2.75, 3.05) is 23.7 Å². The third-order valence-electron chi connectivity index (χ3n) is 10.3. The van der Waals surface area contributed by atoms with Crippen LogP contribution in [-0.4, -0.2) is 42.2 Å². The Bertz CT molecular complexity index is 2380. The molecule has 4 heterocycles. The van der Waals surface area contributed by atoms with Crippen LogP contribution in [0.25, 0.3) is 43.9 Å². The lowest BCUT2D eigenvalue weighted by atomic mass is 9.75. The van der Waals surface area contributed by atoms with Crippen LogP contribution < -0.4 is 10.6 Å². The molecule has 4 aromatic heterocycles. The highest BCUT2D eigenvalue weighted by atomic mass is 15.1. The number of fused-ring (bicyclic) bond motifs is 6. The van der Waals surface area contributed by atoms with E-state index in [9.17, 15) is 0 Å². The molecule has 0 unspecified atom stereocenters. The van der Waals surface area contributed by atoms with Crippen LogP contribution in [0.2, 0.25) is 0 Å². The predicted octanol–water partition coefficient (Wildman–Crippen LogP) is 10.2. The zero-order valence-electron chi connectivity index (χ0n) is 31.6. The van der Waals surface area contributed by atoms with Gasteiger partial charge in [0.2, 0.25) is 0 Å². The zero-order chi connectivity index (χ0) is 36.7. The van der Waals surface area contributed by atoms with Gasteiger partial charge in [-0.2, -0.15) is 0 Å². The molecule has 8 aromatic rings. The maximum absolute atomic E-state index is 5.11. The molecule has 8 heteroatoms. The van der Waals surface area contributed by atoms with Crippen LogP contribution in [0.1, 0.15) is 56.9 Å². The van der Waals surface area contributed by atoms with Gasteiger partial charge in [-0.05, 0) is 54.4 Å². The number of anilines is 2. The number of aryl methyl sites for hydroxylation is 2. The molecule has 0 fully saturated rings. The number of benzene rings is 4. The van der Waals surface area contributed by atoms with Gasteiger partial charge in [-0.1, -0.05) is 125 Å². The fourth-order valence-electron chi connectivity index (χ4n) is 8.13. The molecule has 0 aliphatic heterocycles. The highest BCUT2D eigenvalue weighted by molar-refractivity contribution is 6.08. The average Bonchev–Trinajstić information content (AvgIpc) is 3.65. The van der Waals surface area contributed by atoms with Crippen molar-refractivity contribution in [3.05, 3.63) is 132 Å². The van der Waals surface area contributed by atoms with E-state index in [2.05, 4.69) is 171 Å². The minimum Gasteiger partial charge on any atom is -0.368 e. The Morgan fingerprint density at radius 2 is 0.868 bits per heavy atom. The molecule has 0 atom stereocenters. The molecule has 53 heavy (non-hydrogen) atoms. The molecule has 0 aliphatic carbocycles. The molecule has 8 nitrogen and oxygen atoms in total. The maximum Gasteiger partial charge on any atom is 0.154 e. The molecule has 0 saturated carbocycles. The summed E-state index contributed by atoms with van der Waals surface area (Å²) in [6, 6.07) is 38.0. The third kappa shape index (κ3) is 6.93. The minimum absolute atomic E-state index is 0.0491. The van der Waals surface area contributed by atoms with Crippen molar-refractivity contribution in [1.29, 1.82) is 0 Å². The van der Waals surface area contributed by atoms with E-state index in [1.54, 1.807) is 0 Å². The second-order valence-electron chi connectivity index (χ2n) is 16.0. The first-order valence-electron chi connectivity index (χ1n) is 18.6. The molecule has 2 N–H and O–H groups in total. The van der Waals surface area contributed by atoms with Crippen LogP contribution in [0.15, 0.2) is 109 Å². The van der Waals surface area contributed by atoms with E-state index in [0.29, 0.717) is 0 Å². The Labute approximate surface area is 311 Å². The summed E-state index contributed by atoms with van der Waals surface area (Å²) in [5.74, 6) is 3.63. The van der Waals surface area contributed by atoms with Crippen LogP contribution in [0, 0.1) is 24.7 Å². The molecular weight excluding hydrogens is 653 g/mol. The first-order valence-corrected chi connectivity index (χ1v) is 18.6. The van der Waals surface area contributed by atoms with Gasteiger partial charge >= 0.3 is 0 Å². The average molecular weight is 701 g/mol. The van der Waals surface area contributed by atoms with E-state index >= 15 is 0 Å². The number of hydrogen-bond acceptors (Lipinski definition) is 6. The molecule has 0 saturated heterocycles. The van der Waals surface area contributed by atoms with Crippen molar-refractivity contribution < 1.29 is 0 Å². The Kier molecular flexibility index (Phi) is 8.85. The SMILES string of the molecule is Cc1nc2c(NCC(C)(C)CC(C)(C)CNc3nc4ccccc4c4c3nc(C)n4Cc3ccccc3)nc3ccccc3c2n1Cc1ccccc1. The summed E-state index contributed by atoms with van der Waals surface area (Å²) >= 11 is 0. The minimum atomic E-state index is -0.0491. The van der Waals surface area contributed by atoms with Crippen LogP contribution >= 0.6 is 0 Å². The fraction of sp³-hybridized carbons (Fsp3) is 0.289. The lowest BCUT2D eigenvalue weighted by molar-refractivity contribution is 0.217. The molecule has 0 amide bonds. The maximum atomic E-state index is 5.11. The van der Waals surface area contributed by atoms with E-state index in [1.165, 1.54) is 11.1 Å². The van der Waals surface area contributed by atoms with Crippen molar-refractivity contribution in [3.8, 4) is 0 Å². The van der Waals surface area contributed by atoms with Crippen molar-refractivity contribution in [1.82, 2.24) is 29.1 Å². The van der Waals surface area contributed by atoms with Gasteiger partial charge in [0, 0.05) is 37.0 Å². The van der Waals surface area contributed by atoms with Crippen LogP contribution in [0.4, 0.5) is 11.6 Å². The molecule has 4 aromatic carbocycles. The van der Waals surface area contributed by atoms with Gasteiger partial charge in [0.1, 0.15) is 22.7 Å². The molecule has 0 bridgehead atoms. The van der Waals surface area contributed by atoms with Gasteiger partial charge in [0.25, 0.3) is 0 Å². The number of hydrogen-bond donors (Lipinski definition) is 2. The van der Waals surface area contributed by atoms with Gasteiger partial charge in [-0.15, -0.1) is 0 Å². The van der Waals surface area contributed by atoms with Crippen LogP contribution in [0.3, 0.4) is 0 Å². The van der Waals surface area contributed by atoms with E-state index in [0.717, 1.165) is 99.8 Å². The van der Waals surface area contributed by atoms with Crippen molar-refractivity contribution >= 4 is 55.5 Å². The van der Waals surface area contributed by atoms with Gasteiger partial charge in [0.15, 0.2) is 11.6 Å². The summed E-state index contributed by atoms with van der Waals surface area (Å²) in [5, 5.41) is 9.76. The topological polar surface area (TPSA) is 85.5 Å². The standard InChI is InChI=1S/C45H48N8/c1-30-48-38-40(52(30)25-32-17-9-7-10-18-32)34-21-13-15-23-36(34)50-42(38)46-28-44(3,4)27-45(5,6)29-47-43-39-41(35-22-14-16-24-37(35)51-43)53(31(2)49-39)26-33-19-11-8-12-20-33/h7-24H,25-29H2,1-6H3,(H,46,50)(H,47,51). The second kappa shape index (κ2) is 13.7. The first-order chi connectivity index (χ1) is 25.6. The summed E-state index contributed by atoms with van der Waals surface area (Å²) in [4.78, 5) is 20.4. The molecule has 0 aliphatic rings. The Balaban J connectivity index is 1.03. The van der Waals surface area contributed by atoms with Crippen molar-refractivity contribution in [3.63, 3.8) is 0 Å². The molecule has 0 radical (unpaired) electrons. The number of aromatic nitrogens is 6. The van der Waals surface area contributed by atoms with Gasteiger partial charge in [-0.3, -0.25) is 0 Å².